The van der Waals surface area contributed by atoms with Crippen LogP contribution < -0.4 is 10.6 Å². The van der Waals surface area contributed by atoms with Crippen LogP contribution in [0.2, 0.25) is 0 Å². The topological polar surface area (TPSA) is 50.4 Å². The lowest BCUT2D eigenvalue weighted by Gasteiger charge is -2.14. The van der Waals surface area contributed by atoms with Gasteiger partial charge in [0, 0.05) is 33.2 Å². The van der Waals surface area contributed by atoms with E-state index in [1.54, 1.807) is 11.3 Å². The molecule has 1 atom stereocenters. The van der Waals surface area contributed by atoms with E-state index in [4.69, 9.17) is 4.74 Å². The summed E-state index contributed by atoms with van der Waals surface area (Å²) in [6, 6.07) is 9.95. The van der Waals surface area contributed by atoms with Gasteiger partial charge >= 0.3 is 0 Å². The van der Waals surface area contributed by atoms with Crippen LogP contribution in [0.25, 0.3) is 0 Å². The molecule has 0 aliphatic carbocycles. The van der Waals surface area contributed by atoms with Crippen molar-refractivity contribution in [2.45, 2.75) is 13.0 Å². The minimum Gasteiger partial charge on any atom is -0.378 e. The van der Waals surface area contributed by atoms with E-state index in [0.29, 0.717) is 0 Å². The van der Waals surface area contributed by atoms with Crippen LogP contribution in [0.4, 0.5) is 11.4 Å². The van der Waals surface area contributed by atoms with Crippen LogP contribution in [0.3, 0.4) is 0 Å². The average molecular weight is 369 g/mol. The van der Waals surface area contributed by atoms with Crippen molar-refractivity contribution in [1.82, 2.24) is 0 Å². The summed E-state index contributed by atoms with van der Waals surface area (Å²) in [4.78, 5) is 12.8. The molecule has 2 rings (SSSR count). The summed E-state index contributed by atoms with van der Waals surface area (Å²) in [5.74, 6) is -0.162. The molecule has 1 aromatic heterocycles. The fourth-order valence-electron chi connectivity index (χ4n) is 1.89. The van der Waals surface area contributed by atoms with Crippen molar-refractivity contribution < 1.29 is 9.53 Å². The number of hydrogen-bond acceptors (Lipinski definition) is 4. The van der Waals surface area contributed by atoms with Gasteiger partial charge in [-0.05, 0) is 47.1 Å². The van der Waals surface area contributed by atoms with Crippen LogP contribution in [-0.4, -0.2) is 19.6 Å². The second-order valence-corrected chi connectivity index (χ2v) is 6.45. The summed E-state index contributed by atoms with van der Waals surface area (Å²) in [5, 5.41) is 8.28. The van der Waals surface area contributed by atoms with Gasteiger partial charge < -0.3 is 15.4 Å². The number of ether oxygens (including phenoxy) is 1. The highest BCUT2D eigenvalue weighted by molar-refractivity contribution is 9.10. The summed E-state index contributed by atoms with van der Waals surface area (Å²) in [7, 11) is 1.50. The summed E-state index contributed by atoms with van der Waals surface area (Å²) in [6.07, 6.45) is 0. The van der Waals surface area contributed by atoms with E-state index in [1.165, 1.54) is 12.0 Å². The number of carbonyl (C=O) groups is 1. The lowest BCUT2D eigenvalue weighted by Crippen LogP contribution is -2.17. The third kappa shape index (κ3) is 4.84. The van der Waals surface area contributed by atoms with Crippen LogP contribution in [0, 0.1) is 0 Å². The van der Waals surface area contributed by atoms with E-state index in [2.05, 4.69) is 44.9 Å². The van der Waals surface area contributed by atoms with Gasteiger partial charge in [-0.15, -0.1) is 11.3 Å². The smallest absolute Gasteiger partial charge is 0.250 e. The van der Waals surface area contributed by atoms with E-state index in [0.717, 1.165) is 15.8 Å². The van der Waals surface area contributed by atoms with Gasteiger partial charge in [-0.25, -0.2) is 0 Å². The van der Waals surface area contributed by atoms with Crippen molar-refractivity contribution in [2.75, 3.05) is 24.4 Å². The molecule has 0 bridgehead atoms. The molecule has 4 nitrogen and oxygen atoms in total. The highest BCUT2D eigenvalue weighted by atomic mass is 79.9. The molecule has 1 unspecified atom stereocenters. The van der Waals surface area contributed by atoms with Crippen LogP contribution in [0.15, 0.2) is 40.2 Å². The van der Waals surface area contributed by atoms with Gasteiger partial charge in [-0.3, -0.25) is 4.79 Å². The maximum absolute atomic E-state index is 11.5. The fraction of sp³-hybridized carbons (Fsp3) is 0.267. The van der Waals surface area contributed by atoms with Crippen molar-refractivity contribution in [3.63, 3.8) is 0 Å². The standard InChI is InChI=1S/C15H17BrN2O2S/c1-10(14-6-11(16)9-21-14)17-12-4-3-5-13(7-12)18-15(19)8-20-2/h3-7,9-10,17H,8H2,1-2H3,(H,18,19). The molecule has 0 saturated heterocycles. The Morgan fingerprint density at radius 1 is 1.38 bits per heavy atom. The van der Waals surface area contributed by atoms with Gasteiger partial charge in [-0.2, -0.15) is 0 Å². The summed E-state index contributed by atoms with van der Waals surface area (Å²) >= 11 is 5.17. The molecule has 0 spiro atoms. The molecule has 0 fully saturated rings. The maximum Gasteiger partial charge on any atom is 0.250 e. The second kappa shape index (κ2) is 7.59. The molecule has 0 radical (unpaired) electrons. The Kier molecular flexibility index (Phi) is 5.78. The Morgan fingerprint density at radius 2 is 2.14 bits per heavy atom. The van der Waals surface area contributed by atoms with E-state index >= 15 is 0 Å². The van der Waals surface area contributed by atoms with Crippen LogP contribution >= 0.6 is 27.3 Å². The third-order valence-electron chi connectivity index (χ3n) is 2.82. The number of hydrogen-bond donors (Lipinski definition) is 2. The van der Waals surface area contributed by atoms with Crippen LogP contribution in [-0.2, 0) is 9.53 Å². The zero-order valence-electron chi connectivity index (χ0n) is 11.9. The van der Waals surface area contributed by atoms with Crippen LogP contribution in [0.5, 0.6) is 0 Å². The normalized spacial score (nSPS) is 12.0. The van der Waals surface area contributed by atoms with Gasteiger partial charge in [0.2, 0.25) is 5.91 Å². The number of thiophene rings is 1. The summed E-state index contributed by atoms with van der Waals surface area (Å²) in [6.45, 7) is 2.16. The van der Waals surface area contributed by atoms with Crippen molar-refractivity contribution in [2.24, 2.45) is 0 Å². The first kappa shape index (κ1) is 16.0. The molecule has 0 aliphatic heterocycles. The Morgan fingerprint density at radius 3 is 2.81 bits per heavy atom. The first-order valence-corrected chi connectivity index (χ1v) is 8.15. The lowest BCUT2D eigenvalue weighted by atomic mass is 10.2. The number of rotatable bonds is 6. The molecule has 112 valence electrons. The Bertz CT molecular complexity index is 615. The lowest BCUT2D eigenvalue weighted by molar-refractivity contribution is -0.119. The predicted molar refractivity (Wildman–Crippen MR) is 91.0 cm³/mol. The molecular formula is C15H17BrN2O2S. The molecule has 2 aromatic rings. The van der Waals surface area contributed by atoms with Crippen molar-refractivity contribution in [3.05, 3.63) is 45.1 Å². The van der Waals surface area contributed by atoms with Crippen LogP contribution in [0.1, 0.15) is 17.8 Å². The van der Waals surface area contributed by atoms with Gasteiger partial charge in [0.1, 0.15) is 6.61 Å². The molecule has 21 heavy (non-hydrogen) atoms. The number of nitrogens with one attached hydrogen (secondary N) is 2. The monoisotopic (exact) mass is 368 g/mol. The Hall–Kier alpha value is -1.37. The van der Waals surface area contributed by atoms with Gasteiger partial charge in [-0.1, -0.05) is 6.07 Å². The number of amides is 1. The summed E-state index contributed by atoms with van der Waals surface area (Å²) in [5.41, 5.74) is 1.71. The van der Waals surface area contributed by atoms with Gasteiger partial charge in [0.15, 0.2) is 0 Å². The predicted octanol–water partition coefficient (Wildman–Crippen LogP) is 4.27. The third-order valence-corrected chi connectivity index (χ3v) is 4.70. The highest BCUT2D eigenvalue weighted by Crippen LogP contribution is 2.28. The minimum atomic E-state index is -0.162. The molecule has 1 heterocycles. The highest BCUT2D eigenvalue weighted by Gasteiger charge is 2.08. The quantitative estimate of drug-likeness (QED) is 0.800. The molecule has 6 heteroatoms. The van der Waals surface area contributed by atoms with Crippen molar-refractivity contribution in [1.29, 1.82) is 0 Å². The number of halogens is 1. The molecule has 0 aliphatic rings. The average Bonchev–Trinajstić information content (AvgIpc) is 2.86. The molecular weight excluding hydrogens is 352 g/mol. The number of carbonyl (C=O) groups excluding carboxylic acids is 1. The Balaban J connectivity index is 2.02. The fourth-order valence-corrected chi connectivity index (χ4v) is 3.34. The van der Waals surface area contributed by atoms with E-state index < -0.39 is 0 Å². The first-order valence-electron chi connectivity index (χ1n) is 6.48. The number of anilines is 2. The molecule has 1 amide bonds. The SMILES string of the molecule is COCC(=O)Nc1cccc(NC(C)c2cc(Br)cs2)c1. The van der Waals surface area contributed by atoms with Gasteiger partial charge in [0.25, 0.3) is 0 Å². The largest absolute Gasteiger partial charge is 0.378 e. The zero-order valence-corrected chi connectivity index (χ0v) is 14.3. The maximum atomic E-state index is 11.5. The minimum absolute atomic E-state index is 0.0529. The summed E-state index contributed by atoms with van der Waals surface area (Å²) < 4.78 is 5.89. The molecule has 2 N–H and O–H groups in total. The zero-order chi connectivity index (χ0) is 15.2. The van der Waals surface area contributed by atoms with Crippen molar-refractivity contribution in [3.8, 4) is 0 Å². The first-order chi connectivity index (χ1) is 10.1. The number of benzene rings is 1. The second-order valence-electron chi connectivity index (χ2n) is 4.60. The molecule has 1 aromatic carbocycles. The number of methoxy groups -OCH3 is 1. The van der Waals surface area contributed by atoms with Gasteiger partial charge in [0.05, 0.1) is 6.04 Å². The van der Waals surface area contributed by atoms with E-state index in [1.807, 2.05) is 24.3 Å². The van der Waals surface area contributed by atoms with E-state index in [9.17, 15) is 4.79 Å². The van der Waals surface area contributed by atoms with Crippen molar-refractivity contribution >= 4 is 44.5 Å². The Labute approximate surface area is 136 Å². The molecule has 0 saturated carbocycles. The van der Waals surface area contributed by atoms with E-state index in [-0.39, 0.29) is 18.6 Å².